The highest BCUT2D eigenvalue weighted by atomic mass is 19.1. The average Bonchev–Trinajstić information content (AvgIpc) is 2.81. The summed E-state index contributed by atoms with van der Waals surface area (Å²) in [6, 6.07) is 19.3. The zero-order valence-electron chi connectivity index (χ0n) is 13.7. The fourth-order valence-electron chi connectivity index (χ4n) is 3.42. The second-order valence-electron chi connectivity index (χ2n) is 6.57. The molecule has 0 radical (unpaired) electrons. The number of rotatable bonds is 6. The first-order valence-electron chi connectivity index (χ1n) is 8.79. The quantitative estimate of drug-likeness (QED) is 0.775. The van der Waals surface area contributed by atoms with Crippen LogP contribution in [0.4, 0.5) is 4.39 Å². The second-order valence-corrected chi connectivity index (χ2v) is 6.57. The third-order valence-electron chi connectivity index (χ3n) is 4.86. The van der Waals surface area contributed by atoms with E-state index in [1.54, 1.807) is 0 Å². The number of alkyl halides is 1. The van der Waals surface area contributed by atoms with Crippen LogP contribution < -0.4 is 5.32 Å². The van der Waals surface area contributed by atoms with E-state index >= 15 is 0 Å². The topological polar surface area (TPSA) is 12.0 Å². The van der Waals surface area contributed by atoms with Crippen LogP contribution in [0.1, 0.15) is 36.0 Å². The van der Waals surface area contributed by atoms with E-state index in [1.807, 2.05) is 18.2 Å². The van der Waals surface area contributed by atoms with Crippen LogP contribution in [0.25, 0.3) is 0 Å². The minimum Gasteiger partial charge on any atom is -0.311 e. The van der Waals surface area contributed by atoms with Crippen LogP contribution >= 0.6 is 0 Å². The van der Waals surface area contributed by atoms with Gasteiger partial charge in [-0.25, -0.2) is 4.39 Å². The number of hydrogen-bond acceptors (Lipinski definition) is 1. The lowest BCUT2D eigenvalue weighted by Gasteiger charge is -2.18. The standard InChI is InChI=1S/C21H26FN/c22-20(13-10-17-6-2-1-3-7-17)16-23-21-14-11-18-8-4-5-9-19(18)12-15-21/h1-9,20-21,23H,10-16H2. The number of aryl methyl sites for hydroxylation is 3. The van der Waals surface area contributed by atoms with Gasteiger partial charge in [0.15, 0.2) is 0 Å². The van der Waals surface area contributed by atoms with E-state index in [9.17, 15) is 4.39 Å². The van der Waals surface area contributed by atoms with Crippen molar-refractivity contribution in [3.8, 4) is 0 Å². The van der Waals surface area contributed by atoms with Gasteiger partial charge in [-0.3, -0.25) is 0 Å². The zero-order chi connectivity index (χ0) is 15.9. The minimum atomic E-state index is -0.763. The highest BCUT2D eigenvalue weighted by Crippen LogP contribution is 2.20. The minimum absolute atomic E-state index is 0.442. The Bertz CT molecular complexity index is 569. The SMILES string of the molecule is FC(CCc1ccccc1)CNC1CCc2ccccc2CC1. The van der Waals surface area contributed by atoms with Crippen LogP contribution in [0.5, 0.6) is 0 Å². The van der Waals surface area contributed by atoms with Crippen LogP contribution in [0.3, 0.4) is 0 Å². The molecule has 0 saturated heterocycles. The maximum Gasteiger partial charge on any atom is 0.113 e. The molecule has 0 aromatic heterocycles. The highest BCUT2D eigenvalue weighted by molar-refractivity contribution is 5.28. The largest absolute Gasteiger partial charge is 0.311 e. The lowest BCUT2D eigenvalue weighted by Crippen LogP contribution is -2.34. The predicted molar refractivity (Wildman–Crippen MR) is 94.5 cm³/mol. The Hall–Kier alpha value is -1.67. The van der Waals surface area contributed by atoms with Gasteiger partial charge in [-0.15, -0.1) is 0 Å². The maximum absolute atomic E-state index is 14.1. The summed E-state index contributed by atoms with van der Waals surface area (Å²) in [4.78, 5) is 0. The van der Waals surface area contributed by atoms with Gasteiger partial charge in [0.2, 0.25) is 0 Å². The monoisotopic (exact) mass is 311 g/mol. The van der Waals surface area contributed by atoms with E-state index in [0.29, 0.717) is 19.0 Å². The normalized spacial score (nSPS) is 16.6. The summed E-state index contributed by atoms with van der Waals surface area (Å²) in [6.07, 6.45) is 5.10. The molecule has 23 heavy (non-hydrogen) atoms. The Balaban J connectivity index is 1.40. The lowest BCUT2D eigenvalue weighted by atomic mass is 10.0. The molecule has 2 heteroatoms. The highest BCUT2D eigenvalue weighted by Gasteiger charge is 2.17. The first-order chi connectivity index (χ1) is 11.3. The second kappa shape index (κ2) is 8.26. The van der Waals surface area contributed by atoms with Crippen LogP contribution in [0.2, 0.25) is 0 Å². The number of hydrogen-bond donors (Lipinski definition) is 1. The molecule has 1 unspecified atom stereocenters. The predicted octanol–water partition coefficient (Wildman–Crippen LogP) is 4.49. The number of halogens is 1. The van der Waals surface area contributed by atoms with Crippen molar-refractivity contribution in [3.05, 3.63) is 71.3 Å². The number of fused-ring (bicyclic) bond motifs is 1. The van der Waals surface area contributed by atoms with Crippen molar-refractivity contribution >= 4 is 0 Å². The van der Waals surface area contributed by atoms with E-state index in [-0.39, 0.29) is 0 Å². The first-order valence-corrected chi connectivity index (χ1v) is 8.79. The first kappa shape index (κ1) is 16.2. The molecule has 3 rings (SSSR count). The van der Waals surface area contributed by atoms with Crippen molar-refractivity contribution in [2.45, 2.75) is 50.7 Å². The molecule has 0 spiro atoms. The van der Waals surface area contributed by atoms with Crippen molar-refractivity contribution in [3.63, 3.8) is 0 Å². The molecule has 0 amide bonds. The summed E-state index contributed by atoms with van der Waals surface area (Å²) in [5, 5.41) is 3.46. The fourth-order valence-corrected chi connectivity index (χ4v) is 3.42. The van der Waals surface area contributed by atoms with E-state index in [2.05, 4.69) is 41.7 Å². The molecule has 1 N–H and O–H groups in total. The van der Waals surface area contributed by atoms with E-state index in [0.717, 1.165) is 32.1 Å². The molecule has 0 saturated carbocycles. The summed E-state index contributed by atoms with van der Waals surface area (Å²) in [5.41, 5.74) is 4.16. The van der Waals surface area contributed by atoms with Crippen LogP contribution in [-0.4, -0.2) is 18.8 Å². The van der Waals surface area contributed by atoms with Crippen LogP contribution in [-0.2, 0) is 19.3 Å². The Kier molecular flexibility index (Phi) is 5.82. The molecule has 1 nitrogen and oxygen atoms in total. The molecule has 2 aromatic rings. The lowest BCUT2D eigenvalue weighted by molar-refractivity contribution is 0.284. The summed E-state index contributed by atoms with van der Waals surface area (Å²) in [5.74, 6) is 0. The molecule has 1 aliphatic carbocycles. The third-order valence-corrected chi connectivity index (χ3v) is 4.86. The molecular weight excluding hydrogens is 285 g/mol. The average molecular weight is 311 g/mol. The van der Waals surface area contributed by atoms with Gasteiger partial charge in [0, 0.05) is 12.6 Å². The Labute approximate surface area is 138 Å². The number of benzene rings is 2. The molecule has 0 heterocycles. The molecule has 0 fully saturated rings. The van der Waals surface area contributed by atoms with Gasteiger partial charge in [0.25, 0.3) is 0 Å². The van der Waals surface area contributed by atoms with Crippen molar-refractivity contribution in [2.24, 2.45) is 0 Å². The molecule has 1 aliphatic rings. The summed E-state index contributed by atoms with van der Waals surface area (Å²) in [7, 11) is 0. The van der Waals surface area contributed by atoms with Gasteiger partial charge >= 0.3 is 0 Å². The van der Waals surface area contributed by atoms with Gasteiger partial charge in [0.05, 0.1) is 0 Å². The Morgan fingerprint density at radius 2 is 1.52 bits per heavy atom. The molecule has 0 aliphatic heterocycles. The molecule has 2 aromatic carbocycles. The third kappa shape index (κ3) is 4.90. The van der Waals surface area contributed by atoms with Crippen LogP contribution in [0.15, 0.2) is 54.6 Å². The molecule has 0 bridgehead atoms. The smallest absolute Gasteiger partial charge is 0.113 e. The van der Waals surface area contributed by atoms with Gasteiger partial charge in [-0.05, 0) is 55.2 Å². The zero-order valence-corrected chi connectivity index (χ0v) is 13.7. The van der Waals surface area contributed by atoms with Crippen molar-refractivity contribution in [2.75, 3.05) is 6.54 Å². The van der Waals surface area contributed by atoms with Gasteiger partial charge in [-0.1, -0.05) is 54.6 Å². The summed E-state index contributed by atoms with van der Waals surface area (Å²) >= 11 is 0. The van der Waals surface area contributed by atoms with E-state index in [1.165, 1.54) is 16.7 Å². The van der Waals surface area contributed by atoms with E-state index in [4.69, 9.17) is 0 Å². The summed E-state index contributed by atoms with van der Waals surface area (Å²) < 4.78 is 14.1. The molecule has 122 valence electrons. The fraction of sp³-hybridized carbons (Fsp3) is 0.429. The van der Waals surface area contributed by atoms with Gasteiger partial charge in [0.1, 0.15) is 6.17 Å². The molecular formula is C21H26FN. The van der Waals surface area contributed by atoms with Crippen molar-refractivity contribution in [1.29, 1.82) is 0 Å². The van der Waals surface area contributed by atoms with Crippen molar-refractivity contribution in [1.82, 2.24) is 5.32 Å². The van der Waals surface area contributed by atoms with Gasteiger partial charge < -0.3 is 5.32 Å². The van der Waals surface area contributed by atoms with Crippen molar-refractivity contribution < 1.29 is 4.39 Å². The Morgan fingerprint density at radius 1 is 0.913 bits per heavy atom. The maximum atomic E-state index is 14.1. The van der Waals surface area contributed by atoms with E-state index < -0.39 is 6.17 Å². The Morgan fingerprint density at radius 3 is 2.17 bits per heavy atom. The summed E-state index contributed by atoms with van der Waals surface area (Å²) in [6.45, 7) is 0.480. The number of nitrogens with one attached hydrogen (secondary N) is 1. The van der Waals surface area contributed by atoms with Crippen LogP contribution in [0, 0.1) is 0 Å². The molecule has 1 atom stereocenters. The van der Waals surface area contributed by atoms with Gasteiger partial charge in [-0.2, -0.15) is 0 Å².